The summed E-state index contributed by atoms with van der Waals surface area (Å²) in [5.41, 5.74) is 2.46. The van der Waals surface area contributed by atoms with Crippen molar-refractivity contribution in [1.29, 1.82) is 0 Å². The summed E-state index contributed by atoms with van der Waals surface area (Å²) in [7, 11) is -1.19. The monoisotopic (exact) mass is 335 g/mol. The van der Waals surface area contributed by atoms with E-state index in [1.54, 1.807) is 0 Å². The molecular weight excluding hydrogens is 324 g/mol. The van der Waals surface area contributed by atoms with Crippen molar-refractivity contribution >= 4 is 13.4 Å². The smallest absolute Gasteiger partial charge is 1.00 e. The van der Waals surface area contributed by atoms with Crippen LogP contribution in [0.15, 0.2) is 40.6 Å². The number of aliphatic imine (C=N–C) groups is 1. The van der Waals surface area contributed by atoms with Gasteiger partial charge in [0.15, 0.2) is 0 Å². The third-order valence-electron chi connectivity index (χ3n) is 2.13. The molecule has 0 spiro atoms. The van der Waals surface area contributed by atoms with Crippen LogP contribution in [0.4, 0.5) is 0 Å². The van der Waals surface area contributed by atoms with Crippen LogP contribution in [0.2, 0.25) is 19.6 Å². The molecule has 0 saturated carbocycles. The first-order valence-corrected chi connectivity index (χ1v) is 7.77. The minimum atomic E-state index is -1.19. The molecule has 5 heteroatoms. The standard InChI is InChI=1S/C10H13NSi.2ClH.Zr/c1-12(2,3)10-7-8-5-4-6-9(8)11-10;;;/h4-7H,1-3H3;2*1H;/q;;;+2/p-2. The van der Waals surface area contributed by atoms with Gasteiger partial charge in [-0.2, -0.15) is 0 Å². The molecule has 2 rings (SSSR count). The summed E-state index contributed by atoms with van der Waals surface area (Å²) in [6.45, 7) is 6.98. The summed E-state index contributed by atoms with van der Waals surface area (Å²) in [4.78, 5) is 4.61. The first kappa shape index (κ1) is 17.9. The molecule has 0 N–H and O–H groups in total. The van der Waals surface area contributed by atoms with E-state index in [1.165, 1.54) is 10.9 Å². The van der Waals surface area contributed by atoms with Crippen LogP contribution in [0.1, 0.15) is 0 Å². The van der Waals surface area contributed by atoms with Gasteiger partial charge >= 0.3 is 26.2 Å². The zero-order valence-electron chi connectivity index (χ0n) is 9.01. The third kappa shape index (κ3) is 3.81. The summed E-state index contributed by atoms with van der Waals surface area (Å²) in [5, 5.41) is 1.33. The third-order valence-corrected chi connectivity index (χ3v) is 3.92. The molecule has 0 aromatic heterocycles. The van der Waals surface area contributed by atoms with Crippen molar-refractivity contribution in [3.05, 3.63) is 35.6 Å². The molecule has 0 aromatic carbocycles. The number of nitrogens with zero attached hydrogens (tertiary/aromatic N) is 1. The van der Waals surface area contributed by atoms with Crippen molar-refractivity contribution in [2.75, 3.05) is 0 Å². The minimum absolute atomic E-state index is 0. The first-order valence-electron chi connectivity index (χ1n) is 4.27. The van der Waals surface area contributed by atoms with Gasteiger partial charge in [-0.05, 0) is 12.2 Å². The maximum absolute atomic E-state index is 4.61. The molecule has 0 amide bonds. The molecule has 0 unspecified atom stereocenters. The molecule has 0 fully saturated rings. The zero-order valence-corrected chi connectivity index (χ0v) is 14.0. The molecule has 0 radical (unpaired) electrons. The average Bonchev–Trinajstić information content (AvgIpc) is 2.37. The van der Waals surface area contributed by atoms with E-state index in [0.29, 0.717) is 0 Å². The SMILES string of the molecule is C[Si](C)(C)C1=NC2=CC=CC2=C1.[Cl-].[Cl-].[Zr+2]. The first-order chi connectivity index (χ1) is 5.57. The van der Waals surface area contributed by atoms with E-state index < -0.39 is 8.07 Å². The van der Waals surface area contributed by atoms with E-state index in [1.807, 2.05) is 0 Å². The largest absolute Gasteiger partial charge is 2.00 e. The summed E-state index contributed by atoms with van der Waals surface area (Å²) in [6, 6.07) is 0. The zero-order chi connectivity index (χ0) is 8.77. The topological polar surface area (TPSA) is 12.4 Å². The molecule has 0 aromatic rings. The predicted molar refractivity (Wildman–Crippen MR) is 56.1 cm³/mol. The van der Waals surface area contributed by atoms with Crippen LogP contribution in [-0.4, -0.2) is 13.4 Å². The summed E-state index contributed by atoms with van der Waals surface area (Å²) < 4.78 is 0. The van der Waals surface area contributed by atoms with Gasteiger partial charge < -0.3 is 24.8 Å². The maximum atomic E-state index is 4.61. The maximum Gasteiger partial charge on any atom is 2.00 e. The summed E-state index contributed by atoms with van der Waals surface area (Å²) in [6.07, 6.45) is 8.51. The molecule has 1 nitrogen and oxygen atoms in total. The molecule has 80 valence electrons. The number of halogens is 2. The number of fused-ring (bicyclic) bond motifs is 1. The van der Waals surface area contributed by atoms with E-state index in [9.17, 15) is 0 Å². The molecule has 1 aliphatic heterocycles. The second-order valence-corrected chi connectivity index (χ2v) is 9.27. The van der Waals surface area contributed by atoms with Crippen LogP contribution in [0, 0.1) is 0 Å². The fourth-order valence-corrected chi connectivity index (χ4v) is 2.39. The second kappa shape index (κ2) is 6.34. The summed E-state index contributed by atoms with van der Waals surface area (Å²) in [5.74, 6) is 0. The Bertz CT molecular complexity index is 351. The van der Waals surface area contributed by atoms with E-state index in [2.05, 4.69) is 48.9 Å². The molecule has 15 heavy (non-hydrogen) atoms. The number of rotatable bonds is 1. The Morgan fingerprint density at radius 3 is 2.20 bits per heavy atom. The fraction of sp³-hybridized carbons (Fsp3) is 0.300. The molecular formula is C10H13Cl2NSiZr. The minimum Gasteiger partial charge on any atom is -1.00 e. The number of hydrogen-bond donors (Lipinski definition) is 0. The van der Waals surface area contributed by atoms with Gasteiger partial charge in [0.05, 0.1) is 5.70 Å². The Morgan fingerprint density at radius 1 is 1.13 bits per heavy atom. The van der Waals surface area contributed by atoms with Crippen LogP contribution in [0.5, 0.6) is 0 Å². The van der Waals surface area contributed by atoms with Crippen LogP contribution in [0.25, 0.3) is 0 Å². The van der Waals surface area contributed by atoms with Gasteiger partial charge in [0.25, 0.3) is 0 Å². The van der Waals surface area contributed by atoms with Crippen LogP contribution in [-0.2, 0) is 26.2 Å². The van der Waals surface area contributed by atoms with Crippen molar-refractivity contribution < 1.29 is 51.0 Å². The van der Waals surface area contributed by atoms with Crippen molar-refractivity contribution in [3.8, 4) is 0 Å². The molecule has 1 aliphatic carbocycles. The second-order valence-electron chi connectivity index (χ2n) is 4.26. The molecule has 0 saturated heterocycles. The van der Waals surface area contributed by atoms with Gasteiger partial charge in [-0.1, -0.05) is 31.8 Å². The Kier molecular flexibility index (Phi) is 7.59. The number of hydrogen-bond acceptors (Lipinski definition) is 1. The number of allylic oxidation sites excluding steroid dienone is 4. The van der Waals surface area contributed by atoms with Crippen LogP contribution < -0.4 is 24.8 Å². The van der Waals surface area contributed by atoms with Gasteiger partial charge in [-0.25, -0.2) is 0 Å². The Morgan fingerprint density at radius 2 is 1.73 bits per heavy atom. The van der Waals surface area contributed by atoms with Crippen molar-refractivity contribution in [3.63, 3.8) is 0 Å². The Hall–Kier alpha value is 0.570. The molecule has 2 aliphatic rings. The van der Waals surface area contributed by atoms with E-state index in [4.69, 9.17) is 0 Å². The fourth-order valence-electron chi connectivity index (χ4n) is 1.34. The molecule has 0 atom stereocenters. The van der Waals surface area contributed by atoms with Gasteiger partial charge in [0.2, 0.25) is 0 Å². The van der Waals surface area contributed by atoms with E-state index in [-0.39, 0.29) is 51.0 Å². The Balaban J connectivity index is 0. The Labute approximate surface area is 124 Å². The quantitative estimate of drug-likeness (QED) is 0.445. The van der Waals surface area contributed by atoms with E-state index >= 15 is 0 Å². The van der Waals surface area contributed by atoms with Gasteiger partial charge in [-0.15, -0.1) is 0 Å². The van der Waals surface area contributed by atoms with Crippen molar-refractivity contribution in [2.24, 2.45) is 4.99 Å². The van der Waals surface area contributed by atoms with Gasteiger partial charge in [0, 0.05) is 10.9 Å². The average molecular weight is 337 g/mol. The molecule has 1 heterocycles. The van der Waals surface area contributed by atoms with Crippen molar-refractivity contribution in [2.45, 2.75) is 19.6 Å². The summed E-state index contributed by atoms with van der Waals surface area (Å²) >= 11 is 0. The van der Waals surface area contributed by atoms with Crippen LogP contribution in [0.3, 0.4) is 0 Å². The molecule has 0 bridgehead atoms. The van der Waals surface area contributed by atoms with E-state index in [0.717, 1.165) is 5.70 Å². The normalized spacial score (nSPS) is 16.3. The van der Waals surface area contributed by atoms with Gasteiger partial charge in [-0.3, -0.25) is 4.99 Å². The van der Waals surface area contributed by atoms with Crippen LogP contribution >= 0.6 is 0 Å². The van der Waals surface area contributed by atoms with Crippen molar-refractivity contribution in [1.82, 2.24) is 0 Å². The predicted octanol–water partition coefficient (Wildman–Crippen LogP) is -3.30. The van der Waals surface area contributed by atoms with Gasteiger partial charge in [0.1, 0.15) is 8.07 Å².